The van der Waals surface area contributed by atoms with Crippen LogP contribution in [0.1, 0.15) is 35.7 Å². The number of carbonyl (C=O) groups excluding carboxylic acids is 2. The minimum atomic E-state index is -0.740. The molecule has 5 N–H and O–H groups in total. The summed E-state index contributed by atoms with van der Waals surface area (Å²) in [6.45, 7) is 3.82. The quantitative estimate of drug-likeness (QED) is 0.737. The first-order valence-corrected chi connectivity index (χ1v) is 6.47. The molecule has 0 radical (unpaired) electrons. The van der Waals surface area contributed by atoms with Crippen molar-refractivity contribution < 1.29 is 14.0 Å². The van der Waals surface area contributed by atoms with E-state index in [1.165, 1.54) is 13.0 Å². The Morgan fingerprint density at radius 2 is 2.05 bits per heavy atom. The summed E-state index contributed by atoms with van der Waals surface area (Å²) in [6, 6.07) is 2.44. The summed E-state index contributed by atoms with van der Waals surface area (Å²) in [5.41, 5.74) is 11.1. The van der Waals surface area contributed by atoms with Crippen LogP contribution in [0, 0.1) is 18.7 Å². The maximum Gasteiger partial charge on any atom is 0.248 e. The lowest BCUT2D eigenvalue weighted by Crippen LogP contribution is -2.22. The summed E-state index contributed by atoms with van der Waals surface area (Å²) in [7, 11) is 0. The fourth-order valence-electron chi connectivity index (χ4n) is 1.76. The Hall–Kier alpha value is -1.95. The van der Waals surface area contributed by atoms with Gasteiger partial charge in [0, 0.05) is 22.7 Å². The van der Waals surface area contributed by atoms with Crippen LogP contribution < -0.4 is 16.8 Å². The van der Waals surface area contributed by atoms with Crippen molar-refractivity contribution in [1.29, 1.82) is 0 Å². The number of nitrogens with one attached hydrogen (secondary N) is 1. The third-order valence-electron chi connectivity index (χ3n) is 3.18. The Kier molecular flexibility index (Phi) is 5.64. The van der Waals surface area contributed by atoms with E-state index in [4.69, 9.17) is 11.5 Å². The summed E-state index contributed by atoms with van der Waals surface area (Å²) in [4.78, 5) is 23.1. The van der Waals surface area contributed by atoms with Crippen LogP contribution in [-0.2, 0) is 4.79 Å². The fourth-order valence-corrected chi connectivity index (χ4v) is 1.76. The van der Waals surface area contributed by atoms with Gasteiger partial charge in [0.05, 0.1) is 0 Å². The molecule has 0 bridgehead atoms. The lowest BCUT2D eigenvalue weighted by atomic mass is 10.0. The van der Waals surface area contributed by atoms with Gasteiger partial charge in [-0.2, -0.15) is 0 Å². The average molecular weight is 281 g/mol. The van der Waals surface area contributed by atoms with Crippen molar-refractivity contribution in [2.24, 2.45) is 17.4 Å². The summed E-state index contributed by atoms with van der Waals surface area (Å²) >= 11 is 0. The molecule has 2 amide bonds. The maximum atomic E-state index is 13.7. The summed E-state index contributed by atoms with van der Waals surface area (Å²) in [5, 5.41) is 2.63. The first-order chi connectivity index (χ1) is 9.36. The first kappa shape index (κ1) is 16.1. The molecule has 0 aromatic heterocycles. The van der Waals surface area contributed by atoms with Crippen molar-refractivity contribution in [2.75, 3.05) is 11.9 Å². The molecule has 0 aliphatic carbocycles. The van der Waals surface area contributed by atoms with Gasteiger partial charge in [0.2, 0.25) is 11.8 Å². The maximum absolute atomic E-state index is 13.7. The SMILES string of the molecule is Cc1c(F)cc(C(N)=O)cc1NC(=O)C(C)CCCN. The number of primary amides is 1. The van der Waals surface area contributed by atoms with Gasteiger partial charge in [0.25, 0.3) is 0 Å². The number of amides is 2. The molecule has 1 unspecified atom stereocenters. The van der Waals surface area contributed by atoms with E-state index in [9.17, 15) is 14.0 Å². The van der Waals surface area contributed by atoms with Crippen molar-refractivity contribution in [3.63, 3.8) is 0 Å². The van der Waals surface area contributed by atoms with Gasteiger partial charge in [-0.05, 0) is 38.4 Å². The van der Waals surface area contributed by atoms with Crippen molar-refractivity contribution in [3.05, 3.63) is 29.1 Å². The molecule has 0 fully saturated rings. The number of rotatable bonds is 6. The standard InChI is InChI=1S/C14H20FN3O2/c1-8(4-3-5-16)14(20)18-12-7-10(13(17)19)6-11(15)9(12)2/h6-8H,3-5,16H2,1-2H3,(H2,17,19)(H,18,20). The van der Waals surface area contributed by atoms with E-state index in [0.717, 1.165) is 12.5 Å². The second kappa shape index (κ2) is 7.00. The average Bonchev–Trinajstić information content (AvgIpc) is 2.40. The van der Waals surface area contributed by atoms with Gasteiger partial charge in [-0.1, -0.05) is 6.92 Å². The first-order valence-electron chi connectivity index (χ1n) is 6.47. The lowest BCUT2D eigenvalue weighted by molar-refractivity contribution is -0.119. The topological polar surface area (TPSA) is 98.2 Å². The Balaban J connectivity index is 2.91. The van der Waals surface area contributed by atoms with Gasteiger partial charge < -0.3 is 16.8 Å². The lowest BCUT2D eigenvalue weighted by Gasteiger charge is -2.14. The van der Waals surface area contributed by atoms with Crippen molar-refractivity contribution in [1.82, 2.24) is 0 Å². The van der Waals surface area contributed by atoms with Crippen LogP contribution in [0.15, 0.2) is 12.1 Å². The normalized spacial score (nSPS) is 12.0. The number of carbonyl (C=O) groups is 2. The Labute approximate surface area is 117 Å². The molecule has 1 atom stereocenters. The molecular formula is C14H20FN3O2. The van der Waals surface area contributed by atoms with Crippen LogP contribution in [0.2, 0.25) is 0 Å². The molecule has 0 aliphatic heterocycles. The number of hydrogen-bond acceptors (Lipinski definition) is 3. The van der Waals surface area contributed by atoms with E-state index >= 15 is 0 Å². The molecule has 6 heteroatoms. The minimum Gasteiger partial charge on any atom is -0.366 e. The molecular weight excluding hydrogens is 261 g/mol. The second-order valence-corrected chi connectivity index (χ2v) is 4.82. The molecule has 20 heavy (non-hydrogen) atoms. The molecule has 110 valence electrons. The van der Waals surface area contributed by atoms with Crippen LogP contribution in [0.4, 0.5) is 10.1 Å². The van der Waals surface area contributed by atoms with Crippen molar-refractivity contribution in [3.8, 4) is 0 Å². The molecule has 0 saturated carbocycles. The monoisotopic (exact) mass is 281 g/mol. The van der Waals surface area contributed by atoms with Gasteiger partial charge >= 0.3 is 0 Å². The molecule has 1 aromatic carbocycles. The van der Waals surface area contributed by atoms with Crippen LogP contribution in [0.5, 0.6) is 0 Å². The second-order valence-electron chi connectivity index (χ2n) is 4.82. The van der Waals surface area contributed by atoms with E-state index in [0.29, 0.717) is 13.0 Å². The van der Waals surface area contributed by atoms with Gasteiger partial charge in [-0.15, -0.1) is 0 Å². The summed E-state index contributed by atoms with van der Waals surface area (Å²) in [5.74, 6) is -1.79. The van der Waals surface area contributed by atoms with E-state index in [1.54, 1.807) is 6.92 Å². The molecule has 1 aromatic rings. The molecule has 5 nitrogen and oxygen atoms in total. The third kappa shape index (κ3) is 4.03. The minimum absolute atomic E-state index is 0.0259. The molecule has 0 spiro atoms. The number of benzene rings is 1. The summed E-state index contributed by atoms with van der Waals surface area (Å²) < 4.78 is 13.7. The van der Waals surface area contributed by atoms with Gasteiger partial charge in [0.1, 0.15) is 5.82 Å². The molecule has 0 aliphatic rings. The molecule has 0 heterocycles. The van der Waals surface area contributed by atoms with Crippen molar-refractivity contribution >= 4 is 17.5 Å². The van der Waals surface area contributed by atoms with E-state index < -0.39 is 11.7 Å². The highest BCUT2D eigenvalue weighted by Crippen LogP contribution is 2.21. The van der Waals surface area contributed by atoms with E-state index in [1.807, 2.05) is 0 Å². The zero-order chi connectivity index (χ0) is 15.3. The largest absolute Gasteiger partial charge is 0.366 e. The van der Waals surface area contributed by atoms with Gasteiger partial charge in [-0.3, -0.25) is 9.59 Å². The highest BCUT2D eigenvalue weighted by molar-refractivity contribution is 5.97. The van der Waals surface area contributed by atoms with Gasteiger partial charge in [-0.25, -0.2) is 4.39 Å². The Morgan fingerprint density at radius 3 is 2.60 bits per heavy atom. The van der Waals surface area contributed by atoms with E-state index in [2.05, 4.69) is 5.32 Å². The number of hydrogen-bond donors (Lipinski definition) is 3. The van der Waals surface area contributed by atoms with Crippen molar-refractivity contribution in [2.45, 2.75) is 26.7 Å². The number of nitrogens with two attached hydrogens (primary N) is 2. The number of halogens is 1. The van der Waals surface area contributed by atoms with Crippen LogP contribution in [0.3, 0.4) is 0 Å². The Morgan fingerprint density at radius 1 is 1.40 bits per heavy atom. The predicted octanol–water partition coefficient (Wildman–Crippen LogP) is 1.55. The van der Waals surface area contributed by atoms with E-state index in [-0.39, 0.29) is 28.6 Å². The predicted molar refractivity (Wildman–Crippen MR) is 75.7 cm³/mol. The zero-order valence-corrected chi connectivity index (χ0v) is 11.7. The van der Waals surface area contributed by atoms with Crippen LogP contribution in [-0.4, -0.2) is 18.4 Å². The highest BCUT2D eigenvalue weighted by atomic mass is 19.1. The molecule has 0 saturated heterocycles. The van der Waals surface area contributed by atoms with Gasteiger partial charge in [0.15, 0.2) is 0 Å². The number of anilines is 1. The third-order valence-corrected chi connectivity index (χ3v) is 3.18. The molecule has 1 rings (SSSR count). The Bertz CT molecular complexity index is 517. The van der Waals surface area contributed by atoms with Crippen LogP contribution >= 0.6 is 0 Å². The summed E-state index contributed by atoms with van der Waals surface area (Å²) in [6.07, 6.45) is 1.39. The fraction of sp³-hybridized carbons (Fsp3) is 0.429. The van der Waals surface area contributed by atoms with Crippen LogP contribution in [0.25, 0.3) is 0 Å². The highest BCUT2D eigenvalue weighted by Gasteiger charge is 2.16. The zero-order valence-electron chi connectivity index (χ0n) is 11.7. The smallest absolute Gasteiger partial charge is 0.248 e.